The topological polar surface area (TPSA) is 151 Å². The van der Waals surface area contributed by atoms with E-state index in [2.05, 4.69) is 28.6 Å². The van der Waals surface area contributed by atoms with Gasteiger partial charge in [-0.2, -0.15) is 24.4 Å². The number of hydrogen-bond acceptors (Lipinski definition) is 7. The average molecular weight is 499 g/mol. The van der Waals surface area contributed by atoms with Crippen LogP contribution in [0, 0.1) is 5.92 Å². The highest BCUT2D eigenvalue weighted by molar-refractivity contribution is 7.98. The molecule has 0 fully saturated rings. The van der Waals surface area contributed by atoms with Crippen molar-refractivity contribution in [3.8, 4) is 0 Å². The fraction of sp³-hybridized carbons (Fsp3) is 0.545. The number of amides is 3. The maximum absolute atomic E-state index is 13.0. The second-order valence-corrected chi connectivity index (χ2v) is 9.30. The standard InChI is InChI=1S/C22H34N4O5S2/c1-13(2)18(26-19(27)15(23)12-32)21(29)25-17(11-14-7-5-4-6-8-14)20(28)24-16(22(30)31)9-10-33-3/h4-8,13,15-18,32H,9-12,23H2,1-3H3,(H,24,28)(H,25,29)(H,26,27)(H,30,31)/t15-,16-,17+,18-/m0/s1. The van der Waals surface area contributed by atoms with Gasteiger partial charge in [0.25, 0.3) is 0 Å². The van der Waals surface area contributed by atoms with Crippen molar-refractivity contribution < 1.29 is 24.3 Å². The number of thioether (sulfide) groups is 1. The second-order valence-electron chi connectivity index (χ2n) is 7.95. The van der Waals surface area contributed by atoms with Gasteiger partial charge in [-0.05, 0) is 29.9 Å². The molecule has 9 nitrogen and oxygen atoms in total. The van der Waals surface area contributed by atoms with E-state index in [9.17, 15) is 24.3 Å². The Balaban J connectivity index is 3.06. The summed E-state index contributed by atoms with van der Waals surface area (Å²) in [6.45, 7) is 3.51. The van der Waals surface area contributed by atoms with Gasteiger partial charge in [0.2, 0.25) is 17.7 Å². The second kappa shape index (κ2) is 14.8. The Morgan fingerprint density at radius 3 is 2.12 bits per heavy atom. The first-order chi connectivity index (χ1) is 15.6. The van der Waals surface area contributed by atoms with Crippen molar-refractivity contribution in [3.05, 3.63) is 35.9 Å². The quantitative estimate of drug-likeness (QED) is 0.204. The lowest BCUT2D eigenvalue weighted by atomic mass is 10.0. The van der Waals surface area contributed by atoms with Gasteiger partial charge in [0.1, 0.15) is 18.1 Å². The van der Waals surface area contributed by atoms with E-state index >= 15 is 0 Å². The first-order valence-corrected chi connectivity index (χ1v) is 12.7. The summed E-state index contributed by atoms with van der Waals surface area (Å²) < 4.78 is 0. The smallest absolute Gasteiger partial charge is 0.326 e. The van der Waals surface area contributed by atoms with Gasteiger partial charge in [0, 0.05) is 12.2 Å². The van der Waals surface area contributed by atoms with Crippen molar-refractivity contribution >= 4 is 48.1 Å². The van der Waals surface area contributed by atoms with Gasteiger partial charge in [-0.1, -0.05) is 44.2 Å². The predicted molar refractivity (Wildman–Crippen MR) is 133 cm³/mol. The molecule has 0 aliphatic heterocycles. The summed E-state index contributed by atoms with van der Waals surface area (Å²) in [5.41, 5.74) is 6.49. The molecule has 1 aromatic rings. The van der Waals surface area contributed by atoms with E-state index in [0.29, 0.717) is 5.75 Å². The van der Waals surface area contributed by atoms with Crippen LogP contribution in [0.3, 0.4) is 0 Å². The minimum atomic E-state index is -1.14. The van der Waals surface area contributed by atoms with Gasteiger partial charge in [-0.25, -0.2) is 4.79 Å². The maximum atomic E-state index is 13.0. The van der Waals surface area contributed by atoms with Gasteiger partial charge in [-0.15, -0.1) is 0 Å². The fourth-order valence-corrected chi connectivity index (χ4v) is 3.60. The number of nitrogens with one attached hydrogen (secondary N) is 3. The largest absolute Gasteiger partial charge is 0.480 e. The predicted octanol–water partition coefficient (Wildman–Crippen LogP) is 0.434. The molecule has 0 aliphatic rings. The van der Waals surface area contributed by atoms with Gasteiger partial charge >= 0.3 is 5.97 Å². The molecule has 184 valence electrons. The van der Waals surface area contributed by atoms with E-state index < -0.39 is 47.9 Å². The van der Waals surface area contributed by atoms with Gasteiger partial charge in [0.15, 0.2) is 0 Å². The van der Waals surface area contributed by atoms with Crippen molar-refractivity contribution in [1.82, 2.24) is 16.0 Å². The molecule has 0 saturated carbocycles. The summed E-state index contributed by atoms with van der Waals surface area (Å²) in [6, 6.07) is 5.14. The molecule has 3 amide bonds. The molecule has 0 unspecified atom stereocenters. The van der Waals surface area contributed by atoms with Crippen LogP contribution in [0.2, 0.25) is 0 Å². The van der Waals surface area contributed by atoms with Crippen molar-refractivity contribution in [1.29, 1.82) is 0 Å². The zero-order chi connectivity index (χ0) is 25.0. The highest BCUT2D eigenvalue weighted by Gasteiger charge is 2.31. The maximum Gasteiger partial charge on any atom is 0.326 e. The van der Waals surface area contributed by atoms with Crippen molar-refractivity contribution in [3.63, 3.8) is 0 Å². The SMILES string of the molecule is CSCC[C@H](NC(=O)[C@@H](Cc1ccccc1)NC(=O)[C@@H](NC(=O)[C@@H](N)CS)C(C)C)C(=O)O. The molecule has 0 spiro atoms. The lowest BCUT2D eigenvalue weighted by Crippen LogP contribution is -2.59. The number of carboxylic acid groups (broad SMARTS) is 1. The van der Waals surface area contributed by atoms with E-state index in [0.717, 1.165) is 5.56 Å². The number of hydrogen-bond donors (Lipinski definition) is 6. The third-order valence-electron chi connectivity index (χ3n) is 4.92. The van der Waals surface area contributed by atoms with E-state index in [1.807, 2.05) is 24.5 Å². The molecule has 1 rings (SSSR count). The zero-order valence-corrected chi connectivity index (χ0v) is 20.8. The number of rotatable bonds is 14. The third kappa shape index (κ3) is 10.1. The summed E-state index contributed by atoms with van der Waals surface area (Å²) in [4.78, 5) is 49.9. The summed E-state index contributed by atoms with van der Waals surface area (Å²) in [5.74, 6) is -2.45. The molecule has 1 aromatic carbocycles. The lowest BCUT2D eigenvalue weighted by molar-refractivity contribution is -0.142. The Morgan fingerprint density at radius 2 is 1.61 bits per heavy atom. The van der Waals surface area contributed by atoms with Gasteiger partial charge < -0.3 is 26.8 Å². The zero-order valence-electron chi connectivity index (χ0n) is 19.1. The molecular formula is C22H34N4O5S2. The van der Waals surface area contributed by atoms with Crippen molar-refractivity contribution in [2.24, 2.45) is 11.7 Å². The Morgan fingerprint density at radius 1 is 1.00 bits per heavy atom. The van der Waals surface area contributed by atoms with Crippen LogP contribution in [0.25, 0.3) is 0 Å². The van der Waals surface area contributed by atoms with Gasteiger partial charge in [-0.3, -0.25) is 14.4 Å². The summed E-state index contributed by atoms with van der Waals surface area (Å²) in [5, 5.41) is 17.3. The number of carbonyl (C=O) groups is 4. The summed E-state index contributed by atoms with van der Waals surface area (Å²) in [7, 11) is 0. The van der Waals surface area contributed by atoms with Crippen molar-refractivity contribution in [2.45, 2.75) is 50.9 Å². The van der Waals surface area contributed by atoms with Crippen LogP contribution in [-0.4, -0.2) is 70.7 Å². The number of aliphatic carboxylic acids is 1. The van der Waals surface area contributed by atoms with Crippen LogP contribution in [0.4, 0.5) is 0 Å². The molecule has 0 bridgehead atoms. The Labute approximate surface area is 204 Å². The Hall–Kier alpha value is -2.24. The fourth-order valence-electron chi connectivity index (χ4n) is 2.96. The van der Waals surface area contributed by atoms with Crippen LogP contribution < -0.4 is 21.7 Å². The molecule has 6 N–H and O–H groups in total. The normalized spacial score (nSPS) is 14.6. The summed E-state index contributed by atoms with van der Waals surface area (Å²) in [6.07, 6.45) is 2.25. The highest BCUT2D eigenvalue weighted by atomic mass is 32.2. The average Bonchev–Trinajstić information content (AvgIpc) is 2.78. The molecule has 0 heterocycles. The number of carboxylic acids is 1. The minimum absolute atomic E-state index is 0.115. The van der Waals surface area contributed by atoms with Crippen LogP contribution in [0.15, 0.2) is 30.3 Å². The van der Waals surface area contributed by atoms with Crippen LogP contribution >= 0.6 is 24.4 Å². The van der Waals surface area contributed by atoms with Crippen molar-refractivity contribution in [2.75, 3.05) is 17.8 Å². The monoisotopic (exact) mass is 498 g/mol. The third-order valence-corrected chi connectivity index (χ3v) is 5.96. The van der Waals surface area contributed by atoms with Gasteiger partial charge in [0.05, 0.1) is 6.04 Å². The number of nitrogens with two attached hydrogens (primary N) is 1. The number of carbonyl (C=O) groups excluding carboxylic acids is 3. The van der Waals surface area contributed by atoms with Crippen LogP contribution in [0.5, 0.6) is 0 Å². The molecule has 0 radical (unpaired) electrons. The van der Waals surface area contributed by atoms with E-state index in [1.54, 1.807) is 26.0 Å². The van der Waals surface area contributed by atoms with Crippen LogP contribution in [0.1, 0.15) is 25.8 Å². The molecule has 4 atom stereocenters. The minimum Gasteiger partial charge on any atom is -0.480 e. The molecular weight excluding hydrogens is 464 g/mol. The van der Waals surface area contributed by atoms with Crippen LogP contribution in [-0.2, 0) is 25.6 Å². The Bertz CT molecular complexity index is 794. The molecule has 33 heavy (non-hydrogen) atoms. The molecule has 0 saturated heterocycles. The number of benzene rings is 1. The van der Waals surface area contributed by atoms with E-state index in [-0.39, 0.29) is 24.5 Å². The first-order valence-electron chi connectivity index (χ1n) is 10.6. The van der Waals surface area contributed by atoms with E-state index in [1.165, 1.54) is 11.8 Å². The molecule has 0 aromatic heterocycles. The molecule has 11 heteroatoms. The highest BCUT2D eigenvalue weighted by Crippen LogP contribution is 2.08. The number of thiol groups is 1. The lowest BCUT2D eigenvalue weighted by Gasteiger charge is -2.27. The Kier molecular flexibility index (Phi) is 12.9. The molecule has 0 aliphatic carbocycles. The first kappa shape index (κ1) is 28.8. The summed E-state index contributed by atoms with van der Waals surface area (Å²) >= 11 is 5.48. The van der Waals surface area contributed by atoms with E-state index in [4.69, 9.17) is 5.73 Å².